The average molecular weight is 196 g/mol. The Kier molecular flexibility index (Phi) is 3.53. The quantitative estimate of drug-likeness (QED) is 0.439. The van der Waals surface area contributed by atoms with E-state index in [1.807, 2.05) is 31.2 Å². The minimum absolute atomic E-state index is 0.715. The molecule has 0 atom stereocenters. The number of nitrogens with zero attached hydrogens (tertiary/aromatic N) is 1. The van der Waals surface area contributed by atoms with Gasteiger partial charge in [0.1, 0.15) is 0 Å². The van der Waals surface area contributed by atoms with Crippen LogP contribution in [0.1, 0.15) is 12.5 Å². The van der Waals surface area contributed by atoms with Crippen LogP contribution in [0.25, 0.3) is 5.57 Å². The first-order chi connectivity index (χ1) is 6.24. The number of benzene rings is 1. The number of oxime groups is 1. The molecule has 1 aromatic rings. The molecule has 0 radical (unpaired) electrons. The summed E-state index contributed by atoms with van der Waals surface area (Å²) in [6.45, 7) is 1.94. The maximum atomic E-state index is 8.21. The van der Waals surface area contributed by atoms with Gasteiger partial charge in [-0.1, -0.05) is 28.9 Å². The van der Waals surface area contributed by atoms with Gasteiger partial charge in [-0.25, -0.2) is 0 Å². The normalized spacial score (nSPS) is 12.3. The minimum atomic E-state index is 0.715. The van der Waals surface area contributed by atoms with Crippen LogP contribution in [-0.2, 0) is 0 Å². The van der Waals surface area contributed by atoms with E-state index in [2.05, 4.69) is 5.16 Å². The molecule has 0 aliphatic carbocycles. The molecule has 0 aliphatic heterocycles. The van der Waals surface area contributed by atoms with Gasteiger partial charge < -0.3 is 5.21 Å². The smallest absolute Gasteiger partial charge is 0.0664 e. The van der Waals surface area contributed by atoms with Gasteiger partial charge in [-0.2, -0.15) is 0 Å². The van der Waals surface area contributed by atoms with E-state index in [0.717, 1.165) is 11.1 Å². The van der Waals surface area contributed by atoms with Crippen molar-refractivity contribution in [3.63, 3.8) is 0 Å². The van der Waals surface area contributed by atoms with E-state index in [-0.39, 0.29) is 0 Å². The Bertz CT molecular complexity index is 327. The fourth-order valence-electron chi connectivity index (χ4n) is 0.954. The standard InChI is InChI=1S/C10H10ClNO/c1-8(6-7-12-13)9-2-4-10(11)5-3-9/h2-7,13H,1H3. The molecule has 0 saturated heterocycles. The summed E-state index contributed by atoms with van der Waals surface area (Å²) in [6, 6.07) is 7.48. The van der Waals surface area contributed by atoms with Crippen molar-refractivity contribution in [2.75, 3.05) is 0 Å². The van der Waals surface area contributed by atoms with E-state index in [1.54, 1.807) is 6.08 Å². The molecule has 0 fully saturated rings. The van der Waals surface area contributed by atoms with Crippen LogP contribution in [0.3, 0.4) is 0 Å². The summed E-state index contributed by atoms with van der Waals surface area (Å²) in [5.74, 6) is 0. The zero-order valence-corrected chi connectivity index (χ0v) is 7.99. The summed E-state index contributed by atoms with van der Waals surface area (Å²) < 4.78 is 0. The van der Waals surface area contributed by atoms with E-state index in [1.165, 1.54) is 6.21 Å². The highest BCUT2D eigenvalue weighted by Crippen LogP contribution is 2.16. The molecule has 0 aromatic heterocycles. The van der Waals surface area contributed by atoms with Gasteiger partial charge in [0.25, 0.3) is 0 Å². The topological polar surface area (TPSA) is 32.6 Å². The first-order valence-corrected chi connectivity index (χ1v) is 4.22. The van der Waals surface area contributed by atoms with Gasteiger partial charge in [0.05, 0.1) is 6.21 Å². The molecular formula is C10H10ClNO. The predicted octanol–water partition coefficient (Wildman–Crippen LogP) is 3.20. The predicted molar refractivity (Wildman–Crippen MR) is 55.4 cm³/mol. The summed E-state index contributed by atoms with van der Waals surface area (Å²) >= 11 is 5.73. The first kappa shape index (κ1) is 9.81. The number of halogens is 1. The maximum absolute atomic E-state index is 8.21. The lowest BCUT2D eigenvalue weighted by Gasteiger charge is -1.99. The summed E-state index contributed by atoms with van der Waals surface area (Å²) in [5, 5.41) is 11.8. The number of hydrogen-bond donors (Lipinski definition) is 1. The van der Waals surface area contributed by atoms with Crippen molar-refractivity contribution >= 4 is 23.4 Å². The first-order valence-electron chi connectivity index (χ1n) is 3.84. The van der Waals surface area contributed by atoms with Crippen LogP contribution in [0.5, 0.6) is 0 Å². The van der Waals surface area contributed by atoms with Gasteiger partial charge in [0.2, 0.25) is 0 Å². The SMILES string of the molecule is CC(=CC=NO)c1ccc(Cl)cc1. The summed E-state index contributed by atoms with van der Waals surface area (Å²) in [4.78, 5) is 0. The average Bonchev–Trinajstić information content (AvgIpc) is 2.15. The summed E-state index contributed by atoms with van der Waals surface area (Å²) in [5.41, 5.74) is 2.08. The molecule has 1 N–H and O–H groups in total. The Labute approximate surface area is 82.1 Å². The molecule has 0 amide bonds. The number of hydrogen-bond acceptors (Lipinski definition) is 2. The fourth-order valence-corrected chi connectivity index (χ4v) is 1.08. The van der Waals surface area contributed by atoms with Crippen molar-refractivity contribution in [2.45, 2.75) is 6.92 Å². The minimum Gasteiger partial charge on any atom is -0.411 e. The second kappa shape index (κ2) is 4.67. The van der Waals surface area contributed by atoms with Gasteiger partial charge in [-0.3, -0.25) is 0 Å². The number of rotatable bonds is 2. The lowest BCUT2D eigenvalue weighted by Crippen LogP contribution is -1.79. The highest BCUT2D eigenvalue weighted by molar-refractivity contribution is 6.30. The van der Waals surface area contributed by atoms with Crippen LogP contribution in [0, 0.1) is 0 Å². The van der Waals surface area contributed by atoms with Crippen LogP contribution in [0.4, 0.5) is 0 Å². The zero-order valence-electron chi connectivity index (χ0n) is 7.24. The highest BCUT2D eigenvalue weighted by atomic mass is 35.5. The Morgan fingerprint density at radius 3 is 2.54 bits per heavy atom. The third-order valence-corrected chi connectivity index (χ3v) is 1.94. The van der Waals surface area contributed by atoms with Crippen LogP contribution in [0.2, 0.25) is 5.02 Å². The van der Waals surface area contributed by atoms with E-state index in [9.17, 15) is 0 Å². The van der Waals surface area contributed by atoms with Crippen LogP contribution in [0.15, 0.2) is 35.5 Å². The molecule has 13 heavy (non-hydrogen) atoms. The fraction of sp³-hybridized carbons (Fsp3) is 0.100. The number of allylic oxidation sites excluding steroid dienone is 2. The summed E-state index contributed by atoms with van der Waals surface area (Å²) in [6.07, 6.45) is 3.06. The van der Waals surface area contributed by atoms with Gasteiger partial charge in [0.15, 0.2) is 0 Å². The summed E-state index contributed by atoms with van der Waals surface area (Å²) in [7, 11) is 0. The maximum Gasteiger partial charge on any atom is 0.0664 e. The van der Waals surface area contributed by atoms with Gasteiger partial charge >= 0.3 is 0 Å². The monoisotopic (exact) mass is 195 g/mol. The Balaban J connectivity index is 2.89. The molecule has 68 valence electrons. The molecule has 1 aromatic carbocycles. The molecule has 1 rings (SSSR count). The highest BCUT2D eigenvalue weighted by Gasteiger charge is 1.93. The molecule has 2 nitrogen and oxygen atoms in total. The van der Waals surface area contributed by atoms with E-state index < -0.39 is 0 Å². The largest absolute Gasteiger partial charge is 0.411 e. The van der Waals surface area contributed by atoms with Crippen LogP contribution >= 0.6 is 11.6 Å². The molecular weight excluding hydrogens is 186 g/mol. The second-order valence-corrected chi connectivity index (χ2v) is 3.06. The van der Waals surface area contributed by atoms with Crippen molar-refractivity contribution in [1.82, 2.24) is 0 Å². The van der Waals surface area contributed by atoms with E-state index in [4.69, 9.17) is 16.8 Å². The molecule has 0 heterocycles. The molecule has 0 spiro atoms. The Morgan fingerprint density at radius 2 is 2.00 bits per heavy atom. The van der Waals surface area contributed by atoms with Gasteiger partial charge in [-0.05, 0) is 36.3 Å². The second-order valence-electron chi connectivity index (χ2n) is 2.62. The van der Waals surface area contributed by atoms with Crippen molar-refractivity contribution in [2.24, 2.45) is 5.16 Å². The third-order valence-electron chi connectivity index (χ3n) is 1.69. The molecule has 0 bridgehead atoms. The van der Waals surface area contributed by atoms with Crippen molar-refractivity contribution < 1.29 is 5.21 Å². The zero-order chi connectivity index (χ0) is 9.68. The van der Waals surface area contributed by atoms with Crippen molar-refractivity contribution in [1.29, 1.82) is 0 Å². The lowest BCUT2D eigenvalue weighted by molar-refractivity contribution is 0.322. The molecule has 0 unspecified atom stereocenters. The molecule has 0 saturated carbocycles. The van der Waals surface area contributed by atoms with Crippen molar-refractivity contribution in [3.8, 4) is 0 Å². The van der Waals surface area contributed by atoms with Gasteiger partial charge in [-0.15, -0.1) is 0 Å². The van der Waals surface area contributed by atoms with Crippen LogP contribution < -0.4 is 0 Å². The van der Waals surface area contributed by atoms with Gasteiger partial charge in [0, 0.05) is 5.02 Å². The van der Waals surface area contributed by atoms with E-state index in [0.29, 0.717) is 5.02 Å². The molecule has 0 aliphatic rings. The Morgan fingerprint density at radius 1 is 1.38 bits per heavy atom. The Hall–Kier alpha value is -1.28. The molecule has 3 heteroatoms. The van der Waals surface area contributed by atoms with Crippen molar-refractivity contribution in [3.05, 3.63) is 40.9 Å². The van der Waals surface area contributed by atoms with E-state index >= 15 is 0 Å². The van der Waals surface area contributed by atoms with Crippen LogP contribution in [-0.4, -0.2) is 11.4 Å². The third kappa shape index (κ3) is 2.92. The lowest BCUT2D eigenvalue weighted by atomic mass is 10.1.